The summed E-state index contributed by atoms with van der Waals surface area (Å²) in [5, 5.41) is 0. The van der Waals surface area contributed by atoms with E-state index in [1.807, 2.05) is 32.0 Å². The normalized spacial score (nSPS) is 10.3. The largest absolute Gasteiger partial charge is 0.494 e. The molecule has 6 heteroatoms. The van der Waals surface area contributed by atoms with Crippen LogP contribution in [0.5, 0.6) is 11.5 Å². The molecular formula is C23H30N2O4. The molecule has 0 aromatic heterocycles. The topological polar surface area (TPSA) is 76.7 Å². The Labute approximate surface area is 172 Å². The molecule has 0 saturated carbocycles. The van der Waals surface area contributed by atoms with E-state index >= 15 is 0 Å². The first-order valence-electron chi connectivity index (χ1n) is 10.0. The van der Waals surface area contributed by atoms with E-state index in [4.69, 9.17) is 9.47 Å². The van der Waals surface area contributed by atoms with Gasteiger partial charge in [0.1, 0.15) is 11.5 Å². The lowest BCUT2D eigenvalue weighted by molar-refractivity contribution is -0.123. The Balaban J connectivity index is 1.73. The van der Waals surface area contributed by atoms with Crippen molar-refractivity contribution in [1.29, 1.82) is 0 Å². The summed E-state index contributed by atoms with van der Waals surface area (Å²) < 4.78 is 11.2. The van der Waals surface area contributed by atoms with Gasteiger partial charge in [-0.05, 0) is 55.7 Å². The number of amides is 2. The van der Waals surface area contributed by atoms with Crippen LogP contribution < -0.4 is 20.3 Å². The van der Waals surface area contributed by atoms with Crippen molar-refractivity contribution in [1.82, 2.24) is 10.9 Å². The first-order chi connectivity index (χ1) is 14.0. The Morgan fingerprint density at radius 2 is 1.55 bits per heavy atom. The van der Waals surface area contributed by atoms with Gasteiger partial charge in [0.05, 0.1) is 6.61 Å². The standard InChI is InChI=1S/C23H30N2O4/c1-4-5-6-7-15-28-20-13-11-19(12-14-20)23(27)25-24-21(26)16-29-22-17(2)9-8-10-18(22)3/h8-14H,4-7,15-16H2,1-3H3,(H,24,26)(H,25,27). The van der Waals surface area contributed by atoms with Gasteiger partial charge in [-0.1, -0.05) is 44.4 Å². The Morgan fingerprint density at radius 1 is 0.862 bits per heavy atom. The highest BCUT2D eigenvalue weighted by atomic mass is 16.5. The predicted octanol–water partition coefficient (Wildman–Crippen LogP) is 4.10. The number of unbranched alkanes of at least 4 members (excludes halogenated alkanes) is 3. The highest BCUT2D eigenvalue weighted by molar-refractivity contribution is 5.95. The maximum Gasteiger partial charge on any atom is 0.276 e. The molecule has 0 fully saturated rings. The van der Waals surface area contributed by atoms with Crippen LogP contribution in [0, 0.1) is 13.8 Å². The number of para-hydroxylation sites is 1. The molecule has 2 N–H and O–H groups in total. The molecule has 29 heavy (non-hydrogen) atoms. The Hall–Kier alpha value is -3.02. The van der Waals surface area contributed by atoms with Gasteiger partial charge in [0, 0.05) is 5.56 Å². The fourth-order valence-corrected chi connectivity index (χ4v) is 2.82. The SMILES string of the molecule is CCCCCCOc1ccc(C(=O)NNC(=O)COc2c(C)cccc2C)cc1. The number of hydrogen-bond donors (Lipinski definition) is 2. The van der Waals surface area contributed by atoms with Crippen molar-refractivity contribution in [3.05, 3.63) is 59.2 Å². The van der Waals surface area contributed by atoms with Crippen LogP contribution in [-0.4, -0.2) is 25.0 Å². The number of aryl methyl sites for hydroxylation is 2. The summed E-state index contributed by atoms with van der Waals surface area (Å²) in [4.78, 5) is 24.1. The van der Waals surface area contributed by atoms with Gasteiger partial charge < -0.3 is 9.47 Å². The molecule has 2 rings (SSSR count). The van der Waals surface area contributed by atoms with Crippen LogP contribution in [0.4, 0.5) is 0 Å². The summed E-state index contributed by atoms with van der Waals surface area (Å²) >= 11 is 0. The predicted molar refractivity (Wildman–Crippen MR) is 113 cm³/mol. The van der Waals surface area contributed by atoms with Gasteiger partial charge in [0.15, 0.2) is 6.61 Å². The fraction of sp³-hybridized carbons (Fsp3) is 0.391. The number of benzene rings is 2. The zero-order valence-electron chi connectivity index (χ0n) is 17.4. The second kappa shape index (κ2) is 11.7. The monoisotopic (exact) mass is 398 g/mol. The summed E-state index contributed by atoms with van der Waals surface area (Å²) in [5.41, 5.74) is 7.09. The number of hydrogen-bond acceptors (Lipinski definition) is 4. The first kappa shape index (κ1) is 22.3. The molecule has 0 bridgehead atoms. The van der Waals surface area contributed by atoms with Crippen LogP contribution in [0.2, 0.25) is 0 Å². The summed E-state index contributed by atoms with van der Waals surface area (Å²) in [6.45, 7) is 6.49. The van der Waals surface area contributed by atoms with Crippen molar-refractivity contribution in [2.75, 3.05) is 13.2 Å². The van der Waals surface area contributed by atoms with Gasteiger partial charge in [0.2, 0.25) is 0 Å². The quantitative estimate of drug-likeness (QED) is 0.467. The van der Waals surface area contributed by atoms with E-state index in [9.17, 15) is 9.59 Å². The molecule has 2 aromatic rings. The van der Waals surface area contributed by atoms with Crippen molar-refractivity contribution in [2.24, 2.45) is 0 Å². The Kier molecular flexibility index (Phi) is 9.02. The maximum absolute atomic E-state index is 12.2. The van der Waals surface area contributed by atoms with Crippen LogP contribution in [0.15, 0.2) is 42.5 Å². The molecule has 0 aliphatic heterocycles. The number of hydrazine groups is 1. The van der Waals surface area contributed by atoms with Gasteiger partial charge in [0.25, 0.3) is 11.8 Å². The summed E-state index contributed by atoms with van der Waals surface area (Å²) in [7, 11) is 0. The Bertz CT molecular complexity index is 783. The van der Waals surface area contributed by atoms with E-state index in [2.05, 4.69) is 17.8 Å². The van der Waals surface area contributed by atoms with Gasteiger partial charge >= 0.3 is 0 Å². The summed E-state index contributed by atoms with van der Waals surface area (Å²) in [6, 6.07) is 12.6. The average Bonchev–Trinajstić information content (AvgIpc) is 2.72. The van der Waals surface area contributed by atoms with Crippen LogP contribution in [-0.2, 0) is 4.79 Å². The summed E-state index contributed by atoms with van der Waals surface area (Å²) in [6.07, 6.45) is 4.58. The van der Waals surface area contributed by atoms with Crippen LogP contribution in [0.3, 0.4) is 0 Å². The highest BCUT2D eigenvalue weighted by Gasteiger charge is 2.10. The molecule has 2 amide bonds. The van der Waals surface area contributed by atoms with Gasteiger partial charge in [-0.25, -0.2) is 0 Å². The van der Waals surface area contributed by atoms with Gasteiger partial charge in [-0.15, -0.1) is 0 Å². The van der Waals surface area contributed by atoms with Crippen molar-refractivity contribution in [3.63, 3.8) is 0 Å². The number of carbonyl (C=O) groups excluding carboxylic acids is 2. The van der Waals surface area contributed by atoms with Crippen LogP contribution >= 0.6 is 0 Å². The molecule has 0 aliphatic rings. The van der Waals surface area contributed by atoms with E-state index in [1.54, 1.807) is 24.3 Å². The molecule has 2 aromatic carbocycles. The second-order valence-electron chi connectivity index (χ2n) is 6.95. The Morgan fingerprint density at radius 3 is 2.21 bits per heavy atom. The fourth-order valence-electron chi connectivity index (χ4n) is 2.82. The molecule has 0 spiro atoms. The molecular weight excluding hydrogens is 368 g/mol. The third kappa shape index (κ3) is 7.49. The third-order valence-corrected chi connectivity index (χ3v) is 4.45. The molecule has 6 nitrogen and oxygen atoms in total. The van der Waals surface area contributed by atoms with Crippen molar-refractivity contribution in [2.45, 2.75) is 46.5 Å². The van der Waals surface area contributed by atoms with E-state index in [-0.39, 0.29) is 6.61 Å². The summed E-state index contributed by atoms with van der Waals surface area (Å²) in [5.74, 6) is 0.566. The maximum atomic E-state index is 12.2. The molecule has 0 radical (unpaired) electrons. The lowest BCUT2D eigenvalue weighted by atomic mass is 10.1. The minimum absolute atomic E-state index is 0.184. The number of nitrogens with one attached hydrogen (secondary N) is 2. The number of rotatable bonds is 10. The first-order valence-corrected chi connectivity index (χ1v) is 10.0. The van der Waals surface area contributed by atoms with Gasteiger partial charge in [-0.2, -0.15) is 0 Å². The zero-order chi connectivity index (χ0) is 21.1. The van der Waals surface area contributed by atoms with Gasteiger partial charge in [-0.3, -0.25) is 20.4 Å². The van der Waals surface area contributed by atoms with E-state index in [0.29, 0.717) is 17.9 Å². The van der Waals surface area contributed by atoms with Crippen LogP contribution in [0.25, 0.3) is 0 Å². The lowest BCUT2D eigenvalue weighted by Crippen LogP contribution is -2.43. The van der Waals surface area contributed by atoms with E-state index < -0.39 is 11.8 Å². The third-order valence-electron chi connectivity index (χ3n) is 4.45. The smallest absolute Gasteiger partial charge is 0.276 e. The minimum atomic E-state index is -0.437. The second-order valence-corrected chi connectivity index (χ2v) is 6.95. The zero-order valence-corrected chi connectivity index (χ0v) is 17.4. The number of ether oxygens (including phenoxy) is 2. The number of carbonyl (C=O) groups is 2. The van der Waals surface area contributed by atoms with E-state index in [0.717, 1.165) is 29.7 Å². The van der Waals surface area contributed by atoms with Crippen molar-refractivity contribution >= 4 is 11.8 Å². The molecule has 0 atom stereocenters. The lowest BCUT2D eigenvalue weighted by Gasteiger charge is -2.12. The molecule has 0 unspecified atom stereocenters. The van der Waals surface area contributed by atoms with Crippen molar-refractivity contribution in [3.8, 4) is 11.5 Å². The highest BCUT2D eigenvalue weighted by Crippen LogP contribution is 2.22. The molecule has 0 heterocycles. The average molecular weight is 399 g/mol. The molecule has 156 valence electrons. The van der Waals surface area contributed by atoms with Crippen molar-refractivity contribution < 1.29 is 19.1 Å². The minimum Gasteiger partial charge on any atom is -0.494 e. The molecule has 0 saturated heterocycles. The van der Waals surface area contributed by atoms with E-state index in [1.165, 1.54) is 12.8 Å². The molecule has 0 aliphatic carbocycles. The van der Waals surface area contributed by atoms with Crippen LogP contribution in [0.1, 0.15) is 54.1 Å².